The highest BCUT2D eigenvalue weighted by Gasteiger charge is 2.28. The zero-order valence-electron chi connectivity index (χ0n) is 15.2. The van der Waals surface area contributed by atoms with E-state index in [1.165, 1.54) is 12.1 Å². The van der Waals surface area contributed by atoms with Crippen molar-refractivity contribution in [3.63, 3.8) is 0 Å². The van der Waals surface area contributed by atoms with Crippen molar-refractivity contribution in [2.24, 2.45) is 4.99 Å². The second-order valence-electron chi connectivity index (χ2n) is 6.38. The highest BCUT2D eigenvalue weighted by Crippen LogP contribution is 2.25. The highest BCUT2D eigenvalue weighted by molar-refractivity contribution is 5.80. The van der Waals surface area contributed by atoms with Crippen LogP contribution in [0.3, 0.4) is 0 Å². The van der Waals surface area contributed by atoms with Crippen LogP contribution in [0.2, 0.25) is 0 Å². The van der Waals surface area contributed by atoms with Crippen LogP contribution in [0, 0.1) is 5.82 Å². The number of hydrogen-bond donors (Lipinski definition) is 1. The van der Waals surface area contributed by atoms with E-state index < -0.39 is 0 Å². The number of nitrogens with one attached hydrogen (secondary N) is 1. The molecule has 2 heterocycles. The summed E-state index contributed by atoms with van der Waals surface area (Å²) >= 11 is 0. The van der Waals surface area contributed by atoms with Gasteiger partial charge in [-0.3, -0.25) is 4.98 Å². The predicted octanol–water partition coefficient (Wildman–Crippen LogP) is 3.15. The molecule has 6 heteroatoms. The third-order valence-corrected chi connectivity index (χ3v) is 4.25. The number of aliphatic imine (C=N–C) groups is 1. The zero-order chi connectivity index (χ0) is 18.4. The number of guanidine groups is 1. The second kappa shape index (κ2) is 8.76. The molecule has 2 atom stereocenters. The van der Waals surface area contributed by atoms with Crippen LogP contribution in [-0.4, -0.2) is 41.6 Å². The van der Waals surface area contributed by atoms with E-state index in [1.807, 2.05) is 25.1 Å². The molecule has 0 spiro atoms. The SMILES string of the molecule is CCNC(=NCc1ccccn1)N1CC(C)OC(c2ccc(F)cc2)C1. The summed E-state index contributed by atoms with van der Waals surface area (Å²) in [6.45, 7) is 6.84. The maximum atomic E-state index is 13.2. The van der Waals surface area contributed by atoms with Crippen molar-refractivity contribution in [3.8, 4) is 0 Å². The van der Waals surface area contributed by atoms with Gasteiger partial charge in [0.05, 0.1) is 24.9 Å². The average molecular weight is 356 g/mol. The molecule has 0 amide bonds. The van der Waals surface area contributed by atoms with Gasteiger partial charge in [0.15, 0.2) is 5.96 Å². The van der Waals surface area contributed by atoms with Crippen molar-refractivity contribution < 1.29 is 9.13 Å². The van der Waals surface area contributed by atoms with Crippen molar-refractivity contribution >= 4 is 5.96 Å². The maximum absolute atomic E-state index is 13.2. The second-order valence-corrected chi connectivity index (χ2v) is 6.38. The Hall–Kier alpha value is -2.47. The average Bonchev–Trinajstić information content (AvgIpc) is 2.66. The number of nitrogens with zero attached hydrogens (tertiary/aromatic N) is 3. The summed E-state index contributed by atoms with van der Waals surface area (Å²) in [5.41, 5.74) is 1.91. The number of halogens is 1. The molecule has 1 fully saturated rings. The lowest BCUT2D eigenvalue weighted by Gasteiger charge is -2.38. The molecule has 5 nitrogen and oxygen atoms in total. The Morgan fingerprint density at radius 2 is 2.08 bits per heavy atom. The van der Waals surface area contributed by atoms with Crippen molar-refractivity contribution in [1.82, 2.24) is 15.2 Å². The van der Waals surface area contributed by atoms with E-state index >= 15 is 0 Å². The lowest BCUT2D eigenvalue weighted by Crippen LogP contribution is -2.50. The first-order valence-corrected chi connectivity index (χ1v) is 8.99. The van der Waals surface area contributed by atoms with Crippen LogP contribution in [0.1, 0.15) is 31.2 Å². The lowest BCUT2D eigenvalue weighted by atomic mass is 10.1. The van der Waals surface area contributed by atoms with Crippen LogP contribution < -0.4 is 5.32 Å². The van der Waals surface area contributed by atoms with E-state index in [2.05, 4.69) is 22.1 Å². The van der Waals surface area contributed by atoms with Crippen molar-refractivity contribution in [2.75, 3.05) is 19.6 Å². The van der Waals surface area contributed by atoms with E-state index in [9.17, 15) is 4.39 Å². The van der Waals surface area contributed by atoms with Gasteiger partial charge in [-0.25, -0.2) is 9.38 Å². The fourth-order valence-electron chi connectivity index (χ4n) is 3.06. The molecule has 0 saturated carbocycles. The van der Waals surface area contributed by atoms with Gasteiger partial charge in [-0.2, -0.15) is 0 Å². The standard InChI is InChI=1S/C20H25FN4O/c1-3-22-20(24-12-18-6-4-5-11-23-18)25-13-15(2)26-19(14-25)16-7-9-17(21)10-8-16/h4-11,15,19H,3,12-14H2,1-2H3,(H,22,24). The van der Waals surface area contributed by atoms with E-state index in [4.69, 9.17) is 9.73 Å². The largest absolute Gasteiger partial charge is 0.367 e. The molecular weight excluding hydrogens is 331 g/mol. The van der Waals surface area contributed by atoms with E-state index in [-0.39, 0.29) is 18.0 Å². The Bertz CT molecular complexity index is 720. The Morgan fingerprint density at radius 1 is 1.27 bits per heavy atom. The Kier molecular flexibility index (Phi) is 6.17. The van der Waals surface area contributed by atoms with Crippen LogP contribution >= 0.6 is 0 Å². The maximum Gasteiger partial charge on any atom is 0.194 e. The van der Waals surface area contributed by atoms with Crippen molar-refractivity contribution in [3.05, 3.63) is 65.7 Å². The molecule has 2 unspecified atom stereocenters. The molecule has 1 aliphatic heterocycles. The van der Waals surface area contributed by atoms with Gasteiger partial charge in [0.2, 0.25) is 0 Å². The summed E-state index contributed by atoms with van der Waals surface area (Å²) in [7, 11) is 0. The van der Waals surface area contributed by atoms with Crippen LogP contribution in [0.15, 0.2) is 53.7 Å². The Balaban J connectivity index is 1.75. The molecule has 0 aliphatic carbocycles. The summed E-state index contributed by atoms with van der Waals surface area (Å²) in [6, 6.07) is 12.4. The molecule has 26 heavy (non-hydrogen) atoms. The minimum atomic E-state index is -0.236. The molecule has 1 N–H and O–H groups in total. The van der Waals surface area contributed by atoms with E-state index in [0.717, 1.165) is 30.3 Å². The fourth-order valence-corrected chi connectivity index (χ4v) is 3.06. The number of benzene rings is 1. The van der Waals surface area contributed by atoms with Crippen LogP contribution in [0.25, 0.3) is 0 Å². The van der Waals surface area contributed by atoms with Gasteiger partial charge in [0.1, 0.15) is 11.9 Å². The van der Waals surface area contributed by atoms with Gasteiger partial charge >= 0.3 is 0 Å². The highest BCUT2D eigenvalue weighted by atomic mass is 19.1. The van der Waals surface area contributed by atoms with Gasteiger partial charge in [0.25, 0.3) is 0 Å². The van der Waals surface area contributed by atoms with Gasteiger partial charge in [-0.15, -0.1) is 0 Å². The number of rotatable bonds is 4. The van der Waals surface area contributed by atoms with Crippen LogP contribution in [0.5, 0.6) is 0 Å². The summed E-state index contributed by atoms with van der Waals surface area (Å²) in [5.74, 6) is 0.611. The van der Waals surface area contributed by atoms with Crippen molar-refractivity contribution in [1.29, 1.82) is 0 Å². The molecule has 138 valence electrons. The third-order valence-electron chi connectivity index (χ3n) is 4.25. The third kappa shape index (κ3) is 4.79. The topological polar surface area (TPSA) is 49.8 Å². The molecule has 1 aliphatic rings. The number of aromatic nitrogens is 1. The van der Waals surface area contributed by atoms with Crippen LogP contribution in [0.4, 0.5) is 4.39 Å². The molecule has 1 saturated heterocycles. The first-order chi connectivity index (χ1) is 12.7. The summed E-state index contributed by atoms with van der Waals surface area (Å²) in [4.78, 5) is 11.3. The number of hydrogen-bond acceptors (Lipinski definition) is 3. The molecule has 1 aromatic heterocycles. The number of ether oxygens (including phenoxy) is 1. The molecular formula is C20H25FN4O. The molecule has 2 aromatic rings. The molecule has 3 rings (SSSR count). The summed E-state index contributed by atoms with van der Waals surface area (Å²) in [5, 5.41) is 3.36. The monoisotopic (exact) mass is 356 g/mol. The van der Waals surface area contributed by atoms with Crippen molar-refractivity contribution in [2.45, 2.75) is 32.6 Å². The smallest absolute Gasteiger partial charge is 0.194 e. The minimum Gasteiger partial charge on any atom is -0.367 e. The lowest BCUT2D eigenvalue weighted by molar-refractivity contribution is -0.0605. The summed E-state index contributed by atoms with van der Waals surface area (Å²) in [6.07, 6.45) is 1.72. The van der Waals surface area contributed by atoms with Gasteiger partial charge in [0, 0.05) is 19.3 Å². The fraction of sp³-hybridized carbons (Fsp3) is 0.400. The number of pyridine rings is 1. The molecule has 0 radical (unpaired) electrons. The first-order valence-electron chi connectivity index (χ1n) is 8.99. The molecule has 1 aromatic carbocycles. The predicted molar refractivity (Wildman–Crippen MR) is 100 cm³/mol. The van der Waals surface area contributed by atoms with Gasteiger partial charge in [-0.1, -0.05) is 18.2 Å². The van der Waals surface area contributed by atoms with Gasteiger partial charge < -0.3 is 15.0 Å². The number of morpholine rings is 1. The first kappa shape index (κ1) is 18.3. The van der Waals surface area contributed by atoms with Crippen LogP contribution in [-0.2, 0) is 11.3 Å². The Labute approximate surface area is 153 Å². The minimum absolute atomic E-state index is 0.0532. The summed E-state index contributed by atoms with van der Waals surface area (Å²) < 4.78 is 19.3. The van der Waals surface area contributed by atoms with E-state index in [0.29, 0.717) is 13.1 Å². The molecule has 0 bridgehead atoms. The van der Waals surface area contributed by atoms with E-state index in [1.54, 1.807) is 18.3 Å². The zero-order valence-corrected chi connectivity index (χ0v) is 15.2. The Morgan fingerprint density at radius 3 is 2.77 bits per heavy atom. The van der Waals surface area contributed by atoms with Gasteiger partial charge in [-0.05, 0) is 43.7 Å². The quantitative estimate of drug-likeness (QED) is 0.675. The normalized spacial score (nSPS) is 20.9.